The summed E-state index contributed by atoms with van der Waals surface area (Å²) in [6, 6.07) is 11.2. The van der Waals surface area contributed by atoms with E-state index in [0.29, 0.717) is 24.5 Å². The minimum Gasteiger partial charge on any atom is -0.497 e. The van der Waals surface area contributed by atoms with Crippen LogP contribution in [0.3, 0.4) is 0 Å². The maximum atomic E-state index is 13.2. The van der Waals surface area contributed by atoms with Gasteiger partial charge in [0.2, 0.25) is 5.91 Å². The number of carbonyl (C=O) groups excluding carboxylic acids is 2. The second-order valence-electron chi connectivity index (χ2n) is 8.23. The zero-order valence-corrected chi connectivity index (χ0v) is 19.9. The van der Waals surface area contributed by atoms with E-state index in [1.54, 1.807) is 26.2 Å². The van der Waals surface area contributed by atoms with Gasteiger partial charge in [-0.1, -0.05) is 12.1 Å². The van der Waals surface area contributed by atoms with E-state index in [1.807, 2.05) is 50.2 Å². The van der Waals surface area contributed by atoms with Gasteiger partial charge in [0.05, 0.1) is 27.4 Å². The average molecular weight is 456 g/mol. The number of urea groups is 1. The number of nitrogens with zero attached hydrogens (tertiary/aromatic N) is 1. The normalized spacial score (nSPS) is 15.0. The van der Waals surface area contributed by atoms with Crippen LogP contribution < -0.4 is 24.8 Å². The van der Waals surface area contributed by atoms with Gasteiger partial charge in [-0.15, -0.1) is 0 Å². The Morgan fingerprint density at radius 2 is 1.70 bits per heavy atom. The van der Waals surface area contributed by atoms with Crippen LogP contribution in [0, 0.1) is 0 Å². The van der Waals surface area contributed by atoms with Crippen LogP contribution in [0.1, 0.15) is 43.0 Å². The third-order valence-electron chi connectivity index (χ3n) is 5.64. The Kier molecular flexibility index (Phi) is 8.03. The molecule has 8 heteroatoms. The van der Waals surface area contributed by atoms with Crippen LogP contribution in [0.25, 0.3) is 0 Å². The van der Waals surface area contributed by atoms with Gasteiger partial charge < -0.3 is 29.7 Å². The summed E-state index contributed by atoms with van der Waals surface area (Å²) >= 11 is 0. The van der Waals surface area contributed by atoms with Gasteiger partial charge in [0.25, 0.3) is 0 Å². The van der Waals surface area contributed by atoms with E-state index in [1.165, 1.54) is 0 Å². The zero-order valence-electron chi connectivity index (χ0n) is 19.9. The summed E-state index contributed by atoms with van der Waals surface area (Å²) in [5.74, 6) is 1.94. The van der Waals surface area contributed by atoms with E-state index in [-0.39, 0.29) is 37.0 Å². The van der Waals surface area contributed by atoms with Gasteiger partial charge in [-0.2, -0.15) is 0 Å². The highest BCUT2D eigenvalue weighted by Crippen LogP contribution is 2.41. The molecule has 1 aliphatic rings. The van der Waals surface area contributed by atoms with Crippen molar-refractivity contribution in [1.82, 2.24) is 15.5 Å². The van der Waals surface area contributed by atoms with Crippen molar-refractivity contribution < 1.29 is 23.8 Å². The van der Waals surface area contributed by atoms with Crippen LogP contribution in [0.15, 0.2) is 36.4 Å². The lowest BCUT2D eigenvalue weighted by Crippen LogP contribution is -2.46. The summed E-state index contributed by atoms with van der Waals surface area (Å²) in [5.41, 5.74) is 3.04. The lowest BCUT2D eigenvalue weighted by atomic mass is 9.87. The first-order valence-corrected chi connectivity index (χ1v) is 11.1. The van der Waals surface area contributed by atoms with Gasteiger partial charge in [0.1, 0.15) is 5.75 Å². The molecule has 8 nitrogen and oxygen atoms in total. The summed E-state index contributed by atoms with van der Waals surface area (Å²) in [4.78, 5) is 26.9. The van der Waals surface area contributed by atoms with Crippen molar-refractivity contribution in [1.29, 1.82) is 0 Å². The Morgan fingerprint density at radius 1 is 1.03 bits per heavy atom. The summed E-state index contributed by atoms with van der Waals surface area (Å²) in [6.07, 6.45) is 0.913. The monoisotopic (exact) mass is 455 g/mol. The SMILES string of the molecule is COc1ccc(C2c3cc(OC)c(OC)cc3CCN2C(=O)NCCC(=O)NC(C)C)cc1. The molecule has 0 bridgehead atoms. The molecule has 3 amide bonds. The molecule has 33 heavy (non-hydrogen) atoms. The second kappa shape index (κ2) is 10.9. The number of carbonyl (C=O) groups is 2. The number of benzene rings is 2. The molecular weight excluding hydrogens is 422 g/mol. The quantitative estimate of drug-likeness (QED) is 0.638. The van der Waals surface area contributed by atoms with Crippen molar-refractivity contribution in [3.8, 4) is 17.2 Å². The predicted octanol–water partition coefficient (Wildman–Crippen LogP) is 3.28. The van der Waals surface area contributed by atoms with Crippen LogP contribution in [0.4, 0.5) is 4.79 Å². The van der Waals surface area contributed by atoms with Gasteiger partial charge in [-0.3, -0.25) is 4.79 Å². The van der Waals surface area contributed by atoms with Crippen molar-refractivity contribution in [3.63, 3.8) is 0 Å². The molecule has 1 unspecified atom stereocenters. The number of ether oxygens (including phenoxy) is 3. The molecule has 3 rings (SSSR count). The van der Waals surface area contributed by atoms with Crippen LogP contribution >= 0.6 is 0 Å². The molecule has 2 aromatic carbocycles. The third-order valence-corrected chi connectivity index (χ3v) is 5.64. The highest BCUT2D eigenvalue weighted by Gasteiger charge is 2.33. The highest BCUT2D eigenvalue weighted by atomic mass is 16.5. The lowest BCUT2D eigenvalue weighted by Gasteiger charge is -2.38. The smallest absolute Gasteiger partial charge is 0.318 e. The molecule has 0 aliphatic carbocycles. The van der Waals surface area contributed by atoms with E-state index >= 15 is 0 Å². The van der Waals surface area contributed by atoms with Crippen LogP contribution in [0.5, 0.6) is 17.2 Å². The number of fused-ring (bicyclic) bond motifs is 1. The fraction of sp³-hybridized carbons (Fsp3) is 0.440. The van der Waals surface area contributed by atoms with Crippen molar-refractivity contribution in [2.24, 2.45) is 0 Å². The standard InChI is InChI=1S/C25H33N3O5/c1-16(2)27-23(29)10-12-26-25(30)28-13-11-18-14-21(32-4)22(33-5)15-20(18)24(28)17-6-8-19(31-3)9-7-17/h6-9,14-16,24H,10-13H2,1-5H3,(H,26,30)(H,27,29). The van der Waals surface area contributed by atoms with Crippen molar-refractivity contribution in [2.75, 3.05) is 34.4 Å². The minimum atomic E-state index is -0.316. The number of rotatable bonds is 8. The first kappa shape index (κ1) is 24.2. The summed E-state index contributed by atoms with van der Waals surface area (Å²) < 4.78 is 16.3. The van der Waals surface area contributed by atoms with Crippen molar-refractivity contribution >= 4 is 11.9 Å². The molecule has 1 heterocycles. The molecule has 0 saturated carbocycles. The van der Waals surface area contributed by atoms with E-state index in [9.17, 15) is 9.59 Å². The molecule has 178 valence electrons. The molecule has 2 aromatic rings. The maximum Gasteiger partial charge on any atom is 0.318 e. The van der Waals surface area contributed by atoms with E-state index in [4.69, 9.17) is 14.2 Å². The van der Waals surface area contributed by atoms with Gasteiger partial charge in [-0.25, -0.2) is 4.79 Å². The number of methoxy groups -OCH3 is 3. The molecule has 0 spiro atoms. The Labute approximate surface area is 195 Å². The molecule has 2 N–H and O–H groups in total. The lowest BCUT2D eigenvalue weighted by molar-refractivity contribution is -0.121. The molecular formula is C25H33N3O5. The van der Waals surface area contributed by atoms with Gasteiger partial charge in [0, 0.05) is 25.6 Å². The average Bonchev–Trinajstić information content (AvgIpc) is 2.81. The molecule has 1 atom stereocenters. The molecule has 0 saturated heterocycles. The Hall–Kier alpha value is -3.42. The molecule has 0 fully saturated rings. The number of hydrogen-bond acceptors (Lipinski definition) is 5. The second-order valence-corrected chi connectivity index (χ2v) is 8.23. The summed E-state index contributed by atoms with van der Waals surface area (Å²) in [5, 5.41) is 5.74. The summed E-state index contributed by atoms with van der Waals surface area (Å²) in [7, 11) is 4.84. The highest BCUT2D eigenvalue weighted by molar-refractivity contribution is 5.79. The van der Waals surface area contributed by atoms with Crippen molar-refractivity contribution in [3.05, 3.63) is 53.1 Å². The van der Waals surface area contributed by atoms with Crippen molar-refractivity contribution in [2.45, 2.75) is 38.8 Å². The van der Waals surface area contributed by atoms with Gasteiger partial charge in [0.15, 0.2) is 11.5 Å². The van der Waals surface area contributed by atoms with Crippen LogP contribution in [-0.2, 0) is 11.2 Å². The van der Waals surface area contributed by atoms with Gasteiger partial charge in [-0.05, 0) is 61.2 Å². The number of amides is 3. The topological polar surface area (TPSA) is 89.1 Å². The largest absolute Gasteiger partial charge is 0.497 e. The minimum absolute atomic E-state index is 0.0678. The van der Waals surface area contributed by atoms with E-state index in [2.05, 4.69) is 10.6 Å². The van der Waals surface area contributed by atoms with Gasteiger partial charge >= 0.3 is 6.03 Å². The summed E-state index contributed by atoms with van der Waals surface area (Å²) in [6.45, 7) is 4.61. The fourth-order valence-corrected chi connectivity index (χ4v) is 4.09. The van der Waals surface area contributed by atoms with E-state index < -0.39 is 0 Å². The van der Waals surface area contributed by atoms with Crippen LogP contribution in [0.2, 0.25) is 0 Å². The Bertz CT molecular complexity index is 975. The first-order valence-electron chi connectivity index (χ1n) is 11.1. The maximum absolute atomic E-state index is 13.2. The predicted molar refractivity (Wildman–Crippen MR) is 126 cm³/mol. The molecule has 0 aromatic heterocycles. The number of nitrogens with one attached hydrogen (secondary N) is 2. The number of hydrogen-bond donors (Lipinski definition) is 2. The van der Waals surface area contributed by atoms with E-state index in [0.717, 1.165) is 22.4 Å². The Morgan fingerprint density at radius 3 is 2.30 bits per heavy atom. The van der Waals surface area contributed by atoms with Crippen LogP contribution in [-0.4, -0.2) is 57.3 Å². The zero-order chi connectivity index (χ0) is 24.0. The molecule has 0 radical (unpaired) electrons. The first-order chi connectivity index (χ1) is 15.9. The fourth-order valence-electron chi connectivity index (χ4n) is 4.09. The molecule has 1 aliphatic heterocycles. The Balaban J connectivity index is 1.89. The third kappa shape index (κ3) is 5.69.